The van der Waals surface area contributed by atoms with Gasteiger partial charge in [-0.1, -0.05) is 30.3 Å². The molecule has 2 heterocycles. The van der Waals surface area contributed by atoms with Crippen molar-refractivity contribution in [3.63, 3.8) is 0 Å². The maximum absolute atomic E-state index is 12.9. The Balaban J connectivity index is 1.68. The molecule has 2 aromatic rings. The van der Waals surface area contributed by atoms with Gasteiger partial charge in [-0.2, -0.15) is 0 Å². The monoisotopic (exact) mass is 387 g/mol. The van der Waals surface area contributed by atoms with Gasteiger partial charge in [0.25, 0.3) is 5.91 Å². The molecule has 1 aromatic carbocycles. The van der Waals surface area contributed by atoms with Gasteiger partial charge in [-0.25, -0.2) is 13.4 Å². The van der Waals surface area contributed by atoms with Gasteiger partial charge >= 0.3 is 0 Å². The van der Waals surface area contributed by atoms with Gasteiger partial charge < -0.3 is 10.2 Å². The van der Waals surface area contributed by atoms with Gasteiger partial charge in [0, 0.05) is 24.8 Å². The number of hydrogen-bond acceptors (Lipinski definition) is 5. The zero-order chi connectivity index (χ0) is 19.4. The summed E-state index contributed by atoms with van der Waals surface area (Å²) >= 11 is 0. The van der Waals surface area contributed by atoms with Crippen molar-refractivity contribution in [2.24, 2.45) is 0 Å². The van der Waals surface area contributed by atoms with Gasteiger partial charge in [0.1, 0.15) is 5.82 Å². The van der Waals surface area contributed by atoms with Gasteiger partial charge in [0.05, 0.1) is 17.1 Å². The van der Waals surface area contributed by atoms with Gasteiger partial charge in [-0.15, -0.1) is 0 Å². The minimum Gasteiger partial charge on any atom is -0.366 e. The van der Waals surface area contributed by atoms with Gasteiger partial charge in [-0.05, 0) is 38.0 Å². The van der Waals surface area contributed by atoms with E-state index in [0.29, 0.717) is 24.3 Å². The molecule has 7 heteroatoms. The number of carbonyl (C=O) groups is 1. The smallest absolute Gasteiger partial charge is 0.255 e. The summed E-state index contributed by atoms with van der Waals surface area (Å²) in [5.41, 5.74) is 1.59. The third kappa shape index (κ3) is 5.07. The highest BCUT2D eigenvalue weighted by atomic mass is 32.2. The Morgan fingerprint density at radius 2 is 1.96 bits per heavy atom. The van der Waals surface area contributed by atoms with Crippen molar-refractivity contribution >= 4 is 21.6 Å². The van der Waals surface area contributed by atoms with E-state index in [0.717, 1.165) is 5.56 Å². The van der Waals surface area contributed by atoms with Crippen molar-refractivity contribution in [1.82, 2.24) is 9.88 Å². The summed E-state index contributed by atoms with van der Waals surface area (Å²) in [6, 6.07) is 13.3. The number of benzene rings is 1. The first-order valence-corrected chi connectivity index (χ1v) is 10.9. The molecular formula is C20H25N3O3S. The Hall–Kier alpha value is -2.41. The molecule has 1 amide bonds. The molecule has 0 saturated carbocycles. The third-order valence-corrected chi connectivity index (χ3v) is 6.44. The summed E-state index contributed by atoms with van der Waals surface area (Å²) in [5, 5.41) is 3.14. The molecule has 1 aliphatic heterocycles. The van der Waals surface area contributed by atoms with Crippen LogP contribution in [0.25, 0.3) is 0 Å². The second-order valence-corrected chi connectivity index (χ2v) is 9.42. The number of nitrogens with one attached hydrogen (secondary N) is 1. The van der Waals surface area contributed by atoms with Crippen molar-refractivity contribution in [3.8, 4) is 0 Å². The molecule has 6 nitrogen and oxygen atoms in total. The minimum atomic E-state index is -2.94. The summed E-state index contributed by atoms with van der Waals surface area (Å²) in [4.78, 5) is 19.0. The predicted octanol–water partition coefficient (Wildman–Crippen LogP) is 2.73. The van der Waals surface area contributed by atoms with Crippen LogP contribution in [0.4, 0.5) is 5.82 Å². The fourth-order valence-corrected chi connectivity index (χ4v) is 4.83. The Morgan fingerprint density at radius 1 is 1.22 bits per heavy atom. The van der Waals surface area contributed by atoms with E-state index in [4.69, 9.17) is 0 Å². The lowest BCUT2D eigenvalue weighted by atomic mass is 10.1. The maximum atomic E-state index is 12.9. The van der Waals surface area contributed by atoms with E-state index >= 15 is 0 Å². The zero-order valence-electron chi connectivity index (χ0n) is 15.6. The van der Waals surface area contributed by atoms with Crippen LogP contribution in [0.2, 0.25) is 0 Å². The normalized spacial score (nSPS) is 18.4. The van der Waals surface area contributed by atoms with E-state index in [1.165, 1.54) is 0 Å². The number of aromatic nitrogens is 1. The van der Waals surface area contributed by atoms with Crippen molar-refractivity contribution in [1.29, 1.82) is 0 Å². The molecule has 1 aliphatic rings. The van der Waals surface area contributed by atoms with Crippen molar-refractivity contribution in [3.05, 3.63) is 59.8 Å². The molecular weight excluding hydrogens is 362 g/mol. The summed E-state index contributed by atoms with van der Waals surface area (Å²) < 4.78 is 23.1. The molecule has 0 aliphatic carbocycles. The zero-order valence-corrected chi connectivity index (χ0v) is 16.4. The lowest BCUT2D eigenvalue weighted by Crippen LogP contribution is -2.36. The third-order valence-electron chi connectivity index (χ3n) is 4.67. The van der Waals surface area contributed by atoms with E-state index in [-0.39, 0.29) is 29.5 Å². The van der Waals surface area contributed by atoms with Crippen LogP contribution < -0.4 is 5.32 Å². The summed E-state index contributed by atoms with van der Waals surface area (Å²) in [5.74, 6) is 0.863. The molecule has 1 fully saturated rings. The van der Waals surface area contributed by atoms with E-state index in [2.05, 4.69) is 10.3 Å². The van der Waals surface area contributed by atoms with Crippen LogP contribution in [0, 0.1) is 0 Å². The minimum absolute atomic E-state index is 0.0548. The highest BCUT2D eigenvalue weighted by Gasteiger charge is 2.28. The maximum Gasteiger partial charge on any atom is 0.255 e. The first kappa shape index (κ1) is 19.4. The largest absolute Gasteiger partial charge is 0.366 e. The lowest BCUT2D eigenvalue weighted by molar-refractivity contribution is 0.0690. The summed E-state index contributed by atoms with van der Waals surface area (Å²) in [7, 11) is -2.94. The van der Waals surface area contributed by atoms with Crippen LogP contribution in [-0.4, -0.2) is 47.8 Å². The number of anilines is 1. The number of carbonyl (C=O) groups excluding carboxylic acids is 1. The van der Waals surface area contributed by atoms with Crippen LogP contribution in [0.3, 0.4) is 0 Å². The number of amides is 1. The molecule has 0 bridgehead atoms. The second-order valence-electron chi connectivity index (χ2n) is 7.19. The molecule has 0 spiro atoms. The van der Waals surface area contributed by atoms with Gasteiger partial charge in [0.15, 0.2) is 9.84 Å². The van der Waals surface area contributed by atoms with Gasteiger partial charge in [0.2, 0.25) is 0 Å². The van der Waals surface area contributed by atoms with E-state index in [1.807, 2.05) is 49.1 Å². The molecule has 144 valence electrons. The first-order valence-electron chi connectivity index (χ1n) is 9.12. The number of sulfone groups is 1. The van der Waals surface area contributed by atoms with Crippen molar-refractivity contribution < 1.29 is 13.2 Å². The second kappa shape index (κ2) is 8.08. The van der Waals surface area contributed by atoms with Crippen LogP contribution in [-0.2, 0) is 16.4 Å². The lowest BCUT2D eigenvalue weighted by Gasteiger charge is -2.27. The van der Waals surface area contributed by atoms with Crippen molar-refractivity contribution in [2.75, 3.05) is 16.8 Å². The van der Waals surface area contributed by atoms with Crippen LogP contribution in [0.5, 0.6) is 0 Å². The average molecular weight is 388 g/mol. The summed E-state index contributed by atoms with van der Waals surface area (Å²) in [6.45, 7) is 4.52. The Labute approximate surface area is 160 Å². The highest BCUT2D eigenvalue weighted by molar-refractivity contribution is 7.91. The van der Waals surface area contributed by atoms with Crippen LogP contribution in [0.1, 0.15) is 36.2 Å². The SMILES string of the molecule is CC(C)N(Cc1ccccc1)C(=O)c1ccc(NC2CCS(=O)(=O)C2)nc1. The van der Waals surface area contributed by atoms with E-state index in [1.54, 1.807) is 18.3 Å². The number of rotatable bonds is 6. The predicted molar refractivity (Wildman–Crippen MR) is 106 cm³/mol. The number of pyridine rings is 1. The molecule has 1 unspecified atom stereocenters. The molecule has 1 saturated heterocycles. The molecule has 1 atom stereocenters. The Morgan fingerprint density at radius 3 is 2.52 bits per heavy atom. The molecule has 1 N–H and O–H groups in total. The quantitative estimate of drug-likeness (QED) is 0.824. The first-order chi connectivity index (χ1) is 12.8. The Bertz CT molecular complexity index is 880. The van der Waals surface area contributed by atoms with E-state index < -0.39 is 9.84 Å². The summed E-state index contributed by atoms with van der Waals surface area (Å²) in [6.07, 6.45) is 2.14. The number of nitrogens with zero attached hydrogens (tertiary/aromatic N) is 2. The van der Waals surface area contributed by atoms with Crippen LogP contribution in [0.15, 0.2) is 48.7 Å². The standard InChI is InChI=1S/C20H25N3O3S/c1-15(2)23(13-16-6-4-3-5-7-16)20(24)17-8-9-19(21-12-17)22-18-10-11-27(25,26)14-18/h3-9,12,15,18H,10-11,13-14H2,1-2H3,(H,21,22). The highest BCUT2D eigenvalue weighted by Crippen LogP contribution is 2.18. The molecule has 3 rings (SSSR count). The van der Waals surface area contributed by atoms with Crippen LogP contribution >= 0.6 is 0 Å². The van der Waals surface area contributed by atoms with Gasteiger partial charge in [-0.3, -0.25) is 4.79 Å². The topological polar surface area (TPSA) is 79.4 Å². The number of hydrogen-bond donors (Lipinski definition) is 1. The molecule has 0 radical (unpaired) electrons. The molecule has 1 aromatic heterocycles. The van der Waals surface area contributed by atoms with E-state index in [9.17, 15) is 13.2 Å². The molecule has 27 heavy (non-hydrogen) atoms. The average Bonchev–Trinajstić information content (AvgIpc) is 2.99. The van der Waals surface area contributed by atoms with Crippen molar-refractivity contribution in [2.45, 2.75) is 38.9 Å². The Kier molecular flexibility index (Phi) is 5.79. The fourth-order valence-electron chi connectivity index (χ4n) is 3.16. The fraction of sp³-hybridized carbons (Fsp3) is 0.400.